The van der Waals surface area contributed by atoms with Gasteiger partial charge in [-0.05, 0) is 19.3 Å². The van der Waals surface area contributed by atoms with E-state index in [1.165, 1.54) is 0 Å². The van der Waals surface area contributed by atoms with E-state index in [1.807, 2.05) is 26.8 Å². The second-order valence-corrected chi connectivity index (χ2v) is 5.03. The fraction of sp³-hybridized carbons (Fsp3) is 0.714. The number of anilines is 2. The highest BCUT2D eigenvalue weighted by Gasteiger charge is 2.10. The Hall–Kier alpha value is -1.36. The van der Waals surface area contributed by atoms with Gasteiger partial charge in [-0.25, -0.2) is 9.97 Å². The highest BCUT2D eigenvalue weighted by molar-refractivity contribution is 5.47. The first kappa shape index (κ1) is 15.7. The number of rotatable bonds is 8. The monoisotopic (exact) mass is 266 g/mol. The molecule has 0 aliphatic rings. The van der Waals surface area contributed by atoms with Crippen LogP contribution in [0.1, 0.15) is 39.9 Å². The van der Waals surface area contributed by atoms with Crippen LogP contribution in [0.15, 0.2) is 6.07 Å². The molecule has 1 aromatic heterocycles. The van der Waals surface area contributed by atoms with Crippen molar-refractivity contribution in [1.29, 1.82) is 0 Å². The third-order valence-electron chi connectivity index (χ3n) is 2.87. The summed E-state index contributed by atoms with van der Waals surface area (Å²) in [5.41, 5.74) is 0. The molecule has 0 saturated heterocycles. The molecule has 0 radical (unpaired) electrons. The number of aliphatic hydroxyl groups is 1. The summed E-state index contributed by atoms with van der Waals surface area (Å²) in [7, 11) is 0. The van der Waals surface area contributed by atoms with E-state index >= 15 is 0 Å². The highest BCUT2D eigenvalue weighted by atomic mass is 16.3. The van der Waals surface area contributed by atoms with Crippen LogP contribution in [0.25, 0.3) is 0 Å². The summed E-state index contributed by atoms with van der Waals surface area (Å²) in [6, 6.07) is 1.88. The second kappa shape index (κ2) is 7.94. The van der Waals surface area contributed by atoms with E-state index in [-0.39, 0.29) is 12.0 Å². The van der Waals surface area contributed by atoms with E-state index in [9.17, 15) is 5.11 Å². The van der Waals surface area contributed by atoms with Gasteiger partial charge in [0.25, 0.3) is 0 Å². The van der Waals surface area contributed by atoms with Crippen molar-refractivity contribution in [3.63, 3.8) is 0 Å². The fourth-order valence-electron chi connectivity index (χ4n) is 1.64. The first-order chi connectivity index (χ1) is 9.06. The quantitative estimate of drug-likeness (QED) is 0.673. The van der Waals surface area contributed by atoms with Crippen LogP contribution in [0.5, 0.6) is 0 Å². The molecule has 1 aromatic rings. The molecular weight excluding hydrogens is 240 g/mol. The van der Waals surface area contributed by atoms with Gasteiger partial charge >= 0.3 is 0 Å². The van der Waals surface area contributed by atoms with Crippen molar-refractivity contribution in [3.8, 4) is 0 Å². The molecule has 0 amide bonds. The normalized spacial score (nSPS) is 12.5. The van der Waals surface area contributed by atoms with Crippen LogP contribution in [0.4, 0.5) is 11.6 Å². The van der Waals surface area contributed by atoms with Gasteiger partial charge in [0.2, 0.25) is 0 Å². The molecule has 0 aliphatic heterocycles. The van der Waals surface area contributed by atoms with Gasteiger partial charge in [-0.3, -0.25) is 0 Å². The summed E-state index contributed by atoms with van der Waals surface area (Å²) in [5.74, 6) is 2.68. The Labute approximate surface area is 115 Å². The number of nitrogens with zero attached hydrogens (tertiary/aromatic N) is 2. The molecule has 0 aliphatic carbocycles. The van der Waals surface area contributed by atoms with Crippen molar-refractivity contribution >= 4 is 11.6 Å². The van der Waals surface area contributed by atoms with Crippen molar-refractivity contribution in [1.82, 2.24) is 9.97 Å². The Bertz CT molecular complexity index is 357. The minimum absolute atomic E-state index is 0.234. The third kappa shape index (κ3) is 5.42. The lowest BCUT2D eigenvalue weighted by atomic mass is 10.1. The van der Waals surface area contributed by atoms with Crippen molar-refractivity contribution in [2.24, 2.45) is 5.92 Å². The summed E-state index contributed by atoms with van der Waals surface area (Å²) in [5, 5.41) is 16.2. The Morgan fingerprint density at radius 2 is 1.79 bits per heavy atom. The zero-order chi connectivity index (χ0) is 14.3. The maximum Gasteiger partial charge on any atom is 0.133 e. The van der Waals surface area contributed by atoms with Gasteiger partial charge in [-0.15, -0.1) is 0 Å². The largest absolute Gasteiger partial charge is 0.391 e. The molecule has 1 atom stereocenters. The molecule has 0 fully saturated rings. The molecule has 3 N–H and O–H groups in total. The molecule has 19 heavy (non-hydrogen) atoms. The van der Waals surface area contributed by atoms with E-state index < -0.39 is 0 Å². The minimum atomic E-state index is -0.368. The summed E-state index contributed by atoms with van der Waals surface area (Å²) in [6.45, 7) is 9.48. The molecule has 1 heterocycles. The molecule has 5 heteroatoms. The van der Waals surface area contributed by atoms with E-state index in [1.54, 1.807) is 0 Å². The van der Waals surface area contributed by atoms with E-state index in [2.05, 4.69) is 27.5 Å². The SMILES string of the molecule is CCCc1nc(NCC)cc(NCC(O)C(C)C)n1. The summed E-state index contributed by atoms with van der Waals surface area (Å²) >= 11 is 0. The van der Waals surface area contributed by atoms with Gasteiger partial charge in [0.15, 0.2) is 0 Å². The number of hydrogen-bond acceptors (Lipinski definition) is 5. The Balaban J connectivity index is 2.74. The maximum absolute atomic E-state index is 9.81. The fourth-order valence-corrected chi connectivity index (χ4v) is 1.64. The lowest BCUT2D eigenvalue weighted by molar-refractivity contribution is 0.138. The van der Waals surface area contributed by atoms with Crippen molar-refractivity contribution in [2.75, 3.05) is 23.7 Å². The molecule has 108 valence electrons. The summed E-state index contributed by atoms with van der Waals surface area (Å²) < 4.78 is 0. The van der Waals surface area contributed by atoms with E-state index in [0.717, 1.165) is 36.8 Å². The molecular formula is C14H26N4O. The minimum Gasteiger partial charge on any atom is -0.391 e. The zero-order valence-electron chi connectivity index (χ0n) is 12.4. The molecule has 0 bridgehead atoms. The first-order valence-electron chi connectivity index (χ1n) is 7.10. The predicted octanol–water partition coefficient (Wildman–Crippen LogP) is 2.29. The van der Waals surface area contributed by atoms with Crippen LogP contribution in [0.3, 0.4) is 0 Å². The molecule has 5 nitrogen and oxygen atoms in total. The molecule has 0 aromatic carbocycles. The van der Waals surface area contributed by atoms with Gasteiger partial charge in [0.05, 0.1) is 6.10 Å². The Morgan fingerprint density at radius 3 is 2.32 bits per heavy atom. The maximum atomic E-state index is 9.81. The average Bonchev–Trinajstić information content (AvgIpc) is 2.36. The van der Waals surface area contributed by atoms with E-state index in [0.29, 0.717) is 6.54 Å². The topological polar surface area (TPSA) is 70.1 Å². The number of aromatic nitrogens is 2. The van der Waals surface area contributed by atoms with Gasteiger partial charge < -0.3 is 15.7 Å². The lowest BCUT2D eigenvalue weighted by Gasteiger charge is -2.16. The van der Waals surface area contributed by atoms with Crippen LogP contribution in [-0.4, -0.2) is 34.3 Å². The van der Waals surface area contributed by atoms with Crippen molar-refractivity contribution < 1.29 is 5.11 Å². The van der Waals surface area contributed by atoms with E-state index in [4.69, 9.17) is 0 Å². The third-order valence-corrected chi connectivity index (χ3v) is 2.87. The Morgan fingerprint density at radius 1 is 1.16 bits per heavy atom. The number of hydrogen-bond donors (Lipinski definition) is 3. The smallest absolute Gasteiger partial charge is 0.133 e. The zero-order valence-corrected chi connectivity index (χ0v) is 12.4. The van der Waals surface area contributed by atoms with Crippen LogP contribution in [0.2, 0.25) is 0 Å². The molecule has 0 spiro atoms. The number of aliphatic hydroxyl groups excluding tert-OH is 1. The second-order valence-electron chi connectivity index (χ2n) is 5.03. The Kier molecular flexibility index (Phi) is 6.56. The van der Waals surface area contributed by atoms with Crippen LogP contribution in [-0.2, 0) is 6.42 Å². The molecule has 1 rings (SSSR count). The standard InChI is InChI=1S/C14H26N4O/c1-5-7-12-17-13(15-6-2)8-14(18-12)16-9-11(19)10(3)4/h8,10-11,19H,5-7,9H2,1-4H3,(H2,15,16,17,18). The van der Waals surface area contributed by atoms with Crippen molar-refractivity contribution in [2.45, 2.75) is 46.6 Å². The van der Waals surface area contributed by atoms with Crippen LogP contribution < -0.4 is 10.6 Å². The van der Waals surface area contributed by atoms with Gasteiger partial charge in [-0.2, -0.15) is 0 Å². The van der Waals surface area contributed by atoms with Crippen LogP contribution >= 0.6 is 0 Å². The van der Waals surface area contributed by atoms with Crippen molar-refractivity contribution in [3.05, 3.63) is 11.9 Å². The summed E-state index contributed by atoms with van der Waals surface area (Å²) in [4.78, 5) is 8.91. The highest BCUT2D eigenvalue weighted by Crippen LogP contribution is 2.13. The van der Waals surface area contributed by atoms with Gasteiger partial charge in [0.1, 0.15) is 17.5 Å². The lowest BCUT2D eigenvalue weighted by Crippen LogP contribution is -2.25. The predicted molar refractivity (Wildman–Crippen MR) is 79.5 cm³/mol. The number of aryl methyl sites for hydroxylation is 1. The summed E-state index contributed by atoms with van der Waals surface area (Å²) in [6.07, 6.45) is 1.51. The first-order valence-corrected chi connectivity index (χ1v) is 7.10. The van der Waals surface area contributed by atoms with Crippen LogP contribution in [0, 0.1) is 5.92 Å². The van der Waals surface area contributed by atoms with Gasteiger partial charge in [-0.1, -0.05) is 20.8 Å². The van der Waals surface area contributed by atoms with Gasteiger partial charge in [0, 0.05) is 25.6 Å². The molecule has 1 unspecified atom stereocenters. The average molecular weight is 266 g/mol. The number of nitrogens with one attached hydrogen (secondary N) is 2. The molecule has 0 saturated carbocycles.